The molecule has 4 N–H and O–H groups in total. The predicted octanol–water partition coefficient (Wildman–Crippen LogP) is 5.27. The summed E-state index contributed by atoms with van der Waals surface area (Å²) in [7, 11) is 0. The second-order valence-electron chi connectivity index (χ2n) is 9.70. The van der Waals surface area contributed by atoms with E-state index in [4.69, 9.17) is 0 Å². The van der Waals surface area contributed by atoms with Crippen LogP contribution >= 0.6 is 12.4 Å². The topological polar surface area (TPSA) is 89.0 Å². The third-order valence-electron chi connectivity index (χ3n) is 7.25. The minimum atomic E-state index is -0.0110. The zero-order chi connectivity index (χ0) is 23.9. The van der Waals surface area contributed by atoms with Gasteiger partial charge in [0.25, 0.3) is 5.91 Å². The van der Waals surface area contributed by atoms with Crippen LogP contribution in [-0.2, 0) is 13.0 Å². The molecule has 1 aliphatic rings. The number of fused-ring (bicyclic) bond motifs is 1. The molecular weight excluding hydrogens is 474 g/mol. The summed E-state index contributed by atoms with van der Waals surface area (Å²) in [4.78, 5) is 15.9. The number of nitrogens with zero attached hydrogens (tertiary/aromatic N) is 2. The van der Waals surface area contributed by atoms with E-state index in [0.29, 0.717) is 5.56 Å². The lowest BCUT2D eigenvalue weighted by Crippen LogP contribution is -2.45. The van der Waals surface area contributed by atoms with Gasteiger partial charge in [0.1, 0.15) is 5.75 Å². The molecule has 1 amide bonds. The Morgan fingerprint density at radius 2 is 1.75 bits per heavy atom. The number of aromatic hydroxyl groups is 1. The number of nitrogens with one attached hydrogen (secondary N) is 1. The zero-order valence-corrected chi connectivity index (χ0v) is 22.4. The van der Waals surface area contributed by atoms with Crippen molar-refractivity contribution in [1.29, 1.82) is 0 Å². The predicted molar refractivity (Wildman–Crippen MR) is 150 cm³/mol. The van der Waals surface area contributed by atoms with E-state index >= 15 is 0 Å². The van der Waals surface area contributed by atoms with Gasteiger partial charge in [-0.25, -0.2) is 0 Å². The van der Waals surface area contributed by atoms with Gasteiger partial charge in [-0.3, -0.25) is 4.79 Å². The summed E-state index contributed by atoms with van der Waals surface area (Å²) < 4.78 is 2.26. The number of piperidine rings is 1. The van der Waals surface area contributed by atoms with E-state index in [1.54, 1.807) is 12.1 Å². The van der Waals surface area contributed by atoms with Crippen LogP contribution in [0.2, 0.25) is 0 Å². The number of unbranched alkanes of at least 4 members (excludes halogenated alkanes) is 3. The molecule has 0 aliphatic carbocycles. The number of hydrogen-bond donors (Lipinski definition) is 2. The van der Waals surface area contributed by atoms with Crippen LogP contribution < -0.4 is 5.32 Å². The lowest BCUT2D eigenvalue weighted by atomic mass is 10.0. The Balaban J connectivity index is 0.00000228. The number of hydrogen-bond acceptors (Lipinski definition) is 3. The number of aromatic nitrogens is 1. The molecule has 36 heavy (non-hydrogen) atoms. The molecule has 0 radical (unpaired) electrons. The third kappa shape index (κ3) is 7.25. The molecule has 6 nitrogen and oxygen atoms in total. The number of carbonyl (C=O) groups is 1. The summed E-state index contributed by atoms with van der Waals surface area (Å²) in [6, 6.07) is 16.2. The van der Waals surface area contributed by atoms with Crippen LogP contribution in [0.4, 0.5) is 0 Å². The molecule has 0 unspecified atom stereocenters. The van der Waals surface area contributed by atoms with E-state index in [-0.39, 0.29) is 35.6 Å². The highest BCUT2D eigenvalue weighted by atomic mass is 35.5. The number of benzene rings is 2. The first-order chi connectivity index (χ1) is 16.6. The Morgan fingerprint density at radius 3 is 2.44 bits per heavy atom. The van der Waals surface area contributed by atoms with Crippen LogP contribution in [0.5, 0.6) is 5.75 Å². The van der Waals surface area contributed by atoms with Gasteiger partial charge in [-0.1, -0.05) is 56.5 Å². The maximum Gasteiger partial charge on any atom is 0.253 e. The lowest BCUT2D eigenvalue weighted by molar-refractivity contribution is 0.0912. The second kappa shape index (κ2) is 14.3. The summed E-state index contributed by atoms with van der Waals surface area (Å²) in [5, 5.41) is 14.3. The minimum Gasteiger partial charge on any atom is -0.508 e. The molecular formula is C29H42ClN3O3. The van der Waals surface area contributed by atoms with Crippen molar-refractivity contribution in [3.63, 3.8) is 0 Å². The zero-order valence-electron chi connectivity index (χ0n) is 21.6. The molecule has 0 atom stereocenters. The second-order valence-corrected chi connectivity index (χ2v) is 9.70. The summed E-state index contributed by atoms with van der Waals surface area (Å²) in [6.45, 7) is 8.25. The van der Waals surface area contributed by atoms with Crippen LogP contribution in [0.15, 0.2) is 48.5 Å². The first-order valence-electron chi connectivity index (χ1n) is 13.0. The van der Waals surface area contributed by atoms with E-state index in [2.05, 4.69) is 52.0 Å². The Hall–Kier alpha value is -2.54. The lowest BCUT2D eigenvalue weighted by Gasteiger charge is -2.32. The van der Waals surface area contributed by atoms with Crippen LogP contribution in [-0.4, -0.2) is 51.6 Å². The Kier molecular flexibility index (Phi) is 11.8. The Morgan fingerprint density at radius 1 is 1.03 bits per heavy atom. The van der Waals surface area contributed by atoms with Gasteiger partial charge in [0.05, 0.1) is 5.56 Å². The normalized spacial score (nSPS) is 14.3. The number of amides is 1. The van der Waals surface area contributed by atoms with Crippen LogP contribution in [0.1, 0.15) is 67.1 Å². The van der Waals surface area contributed by atoms with Crippen LogP contribution in [0.3, 0.4) is 0 Å². The first kappa shape index (κ1) is 29.7. The van der Waals surface area contributed by atoms with E-state index in [0.717, 1.165) is 68.5 Å². The highest BCUT2D eigenvalue weighted by molar-refractivity contribution is 6.08. The molecule has 3 aromatic rings. The number of rotatable bonds is 10. The third-order valence-corrected chi connectivity index (χ3v) is 7.25. The quantitative estimate of drug-likeness (QED) is 0.360. The van der Waals surface area contributed by atoms with E-state index in [1.807, 2.05) is 13.0 Å². The van der Waals surface area contributed by atoms with Crippen molar-refractivity contribution < 1.29 is 15.4 Å². The number of likely N-dealkylation sites (tertiary alicyclic amines) is 1. The van der Waals surface area contributed by atoms with Crippen molar-refractivity contribution in [2.24, 2.45) is 0 Å². The van der Waals surface area contributed by atoms with Crippen molar-refractivity contribution in [3.8, 4) is 5.75 Å². The maximum absolute atomic E-state index is 13.4. The molecule has 2 heterocycles. The van der Waals surface area contributed by atoms with Crippen LogP contribution in [0, 0.1) is 6.92 Å². The molecule has 2 aromatic carbocycles. The minimum absolute atomic E-state index is 0. The fraction of sp³-hybridized carbons (Fsp3) is 0.483. The van der Waals surface area contributed by atoms with Gasteiger partial charge >= 0.3 is 0 Å². The molecule has 4 rings (SSSR count). The Bertz CT molecular complexity index is 1090. The van der Waals surface area contributed by atoms with Gasteiger partial charge in [-0.15, -0.1) is 12.4 Å². The van der Waals surface area contributed by atoms with Crippen molar-refractivity contribution in [2.75, 3.05) is 19.6 Å². The fourth-order valence-electron chi connectivity index (χ4n) is 5.23. The monoisotopic (exact) mass is 515 g/mol. The van der Waals surface area contributed by atoms with Crippen LogP contribution in [0.25, 0.3) is 10.9 Å². The largest absolute Gasteiger partial charge is 0.508 e. The molecule has 1 saturated heterocycles. The summed E-state index contributed by atoms with van der Waals surface area (Å²) in [5.41, 5.74) is 4.12. The van der Waals surface area contributed by atoms with Gasteiger partial charge in [-0.05, 0) is 56.4 Å². The number of aryl methyl sites for hydroxylation is 1. The fourth-order valence-corrected chi connectivity index (χ4v) is 5.23. The SMILES string of the molecule is CCCCCCn1c(C)c(C(=O)NC2CCN(CCc3ccccc3)CC2)c2cc(O)ccc21.Cl.O. The van der Waals surface area contributed by atoms with Crippen molar-refractivity contribution in [1.82, 2.24) is 14.8 Å². The average Bonchev–Trinajstić information content (AvgIpc) is 3.12. The van der Waals surface area contributed by atoms with Gasteiger partial charge in [0, 0.05) is 48.8 Å². The molecule has 1 aromatic heterocycles. The number of phenols is 1. The molecule has 0 bridgehead atoms. The van der Waals surface area contributed by atoms with Crippen molar-refractivity contribution in [3.05, 3.63) is 65.4 Å². The molecule has 0 saturated carbocycles. The number of halogens is 1. The smallest absolute Gasteiger partial charge is 0.253 e. The summed E-state index contributed by atoms with van der Waals surface area (Å²) >= 11 is 0. The van der Waals surface area contributed by atoms with Crippen molar-refractivity contribution in [2.45, 2.75) is 71.4 Å². The molecule has 1 aliphatic heterocycles. The van der Waals surface area contributed by atoms with E-state index in [9.17, 15) is 9.90 Å². The average molecular weight is 516 g/mol. The van der Waals surface area contributed by atoms with Gasteiger partial charge in [0.15, 0.2) is 0 Å². The van der Waals surface area contributed by atoms with Gasteiger partial charge < -0.3 is 25.4 Å². The number of carbonyl (C=O) groups excluding carboxylic acids is 1. The van der Waals surface area contributed by atoms with Gasteiger partial charge in [0.2, 0.25) is 0 Å². The summed E-state index contributed by atoms with van der Waals surface area (Å²) in [5.74, 6) is 0.194. The maximum atomic E-state index is 13.4. The summed E-state index contributed by atoms with van der Waals surface area (Å²) in [6.07, 6.45) is 7.74. The van der Waals surface area contributed by atoms with E-state index < -0.39 is 0 Å². The highest BCUT2D eigenvalue weighted by Crippen LogP contribution is 2.30. The molecule has 0 spiro atoms. The molecule has 1 fully saturated rings. The van der Waals surface area contributed by atoms with Crippen molar-refractivity contribution >= 4 is 29.2 Å². The highest BCUT2D eigenvalue weighted by Gasteiger charge is 2.25. The first-order valence-corrected chi connectivity index (χ1v) is 13.0. The van der Waals surface area contributed by atoms with Gasteiger partial charge in [-0.2, -0.15) is 0 Å². The van der Waals surface area contributed by atoms with E-state index in [1.165, 1.54) is 24.8 Å². The molecule has 7 heteroatoms. The standard InChI is InChI=1S/C29H39N3O2.ClH.H2O/c1-3-4-5-9-17-32-22(2)28(26-21-25(33)12-13-27(26)32)29(34)30-24-15-19-31(20-16-24)18-14-23-10-7-6-8-11-23;;/h6-8,10-13,21,24,33H,3-5,9,14-20H2,1-2H3,(H,30,34);1H;1H2. The Labute approximate surface area is 221 Å². The molecule has 198 valence electrons. The number of phenolic OH excluding ortho intramolecular Hbond substituents is 1.